The Bertz CT molecular complexity index is 791. The Morgan fingerprint density at radius 3 is 2.55 bits per heavy atom. The lowest BCUT2D eigenvalue weighted by atomic mass is 9.84. The molecule has 1 aromatic carbocycles. The number of methoxy groups -OCH3 is 2. The maximum absolute atomic E-state index is 14.3. The predicted molar refractivity (Wildman–Crippen MR) is 81.5 cm³/mol. The van der Waals surface area contributed by atoms with Crippen molar-refractivity contribution in [1.82, 2.24) is 4.98 Å². The number of carbonyl (C=O) groups excluding carboxylic acids is 1. The summed E-state index contributed by atoms with van der Waals surface area (Å²) in [5.74, 6) is 1.63. The fraction of sp³-hybridized carbons (Fsp3) is 0.294. The van der Waals surface area contributed by atoms with Gasteiger partial charge < -0.3 is 9.47 Å². The van der Waals surface area contributed by atoms with E-state index < -0.39 is 17.2 Å². The fourth-order valence-corrected chi connectivity index (χ4v) is 2.15. The van der Waals surface area contributed by atoms with Gasteiger partial charge in [0.25, 0.3) is 0 Å². The largest absolute Gasteiger partial charge is 0.480 e. The summed E-state index contributed by atoms with van der Waals surface area (Å²) in [6.45, 7) is 3.49. The van der Waals surface area contributed by atoms with Crippen LogP contribution in [0, 0.1) is 18.2 Å². The average molecular weight is 301 g/mol. The molecule has 0 bridgehead atoms. The first kappa shape index (κ1) is 15.8. The van der Waals surface area contributed by atoms with Gasteiger partial charge >= 0.3 is 5.97 Å². The second-order valence-corrected chi connectivity index (χ2v) is 5.33. The Hall–Kier alpha value is -2.61. The number of nitrogens with zero attached hydrogens (tertiary/aromatic N) is 1. The molecule has 1 aromatic heterocycles. The van der Waals surface area contributed by atoms with Crippen molar-refractivity contribution in [2.75, 3.05) is 14.2 Å². The monoisotopic (exact) mass is 301 g/mol. The molecule has 0 radical (unpaired) electrons. The van der Waals surface area contributed by atoms with Gasteiger partial charge in [0.2, 0.25) is 5.88 Å². The highest BCUT2D eigenvalue weighted by molar-refractivity contribution is 5.96. The fourth-order valence-electron chi connectivity index (χ4n) is 2.15. The van der Waals surface area contributed by atoms with Gasteiger partial charge in [0.15, 0.2) is 0 Å². The van der Waals surface area contributed by atoms with Gasteiger partial charge in [0, 0.05) is 10.9 Å². The lowest BCUT2D eigenvalue weighted by Gasteiger charge is -2.19. The van der Waals surface area contributed by atoms with Crippen LogP contribution in [0.4, 0.5) is 4.39 Å². The molecule has 0 saturated carbocycles. The molecule has 0 aliphatic rings. The maximum atomic E-state index is 14.3. The molecule has 0 spiro atoms. The summed E-state index contributed by atoms with van der Waals surface area (Å²) in [6.07, 6.45) is 5.47. The van der Waals surface area contributed by atoms with Crippen LogP contribution in [0.25, 0.3) is 10.9 Å². The van der Waals surface area contributed by atoms with Crippen molar-refractivity contribution in [3.63, 3.8) is 0 Å². The predicted octanol–water partition coefficient (Wildman–Crippen LogP) is 3.08. The number of hydrogen-bond acceptors (Lipinski definition) is 4. The minimum absolute atomic E-state index is 0.121. The molecule has 2 aromatic rings. The molecular formula is C17H16FNO3. The number of carbonyl (C=O) groups is 1. The van der Waals surface area contributed by atoms with Crippen LogP contribution in [0.5, 0.6) is 5.88 Å². The Morgan fingerprint density at radius 1 is 1.32 bits per heavy atom. The third kappa shape index (κ3) is 2.60. The van der Waals surface area contributed by atoms with Crippen molar-refractivity contribution >= 4 is 16.9 Å². The van der Waals surface area contributed by atoms with E-state index in [2.05, 4.69) is 15.6 Å². The van der Waals surface area contributed by atoms with Gasteiger partial charge in [-0.1, -0.05) is 5.92 Å². The van der Waals surface area contributed by atoms with Crippen LogP contribution in [0.3, 0.4) is 0 Å². The van der Waals surface area contributed by atoms with Crippen molar-refractivity contribution in [1.29, 1.82) is 0 Å². The van der Waals surface area contributed by atoms with Crippen LogP contribution in [-0.2, 0) is 10.2 Å². The van der Waals surface area contributed by atoms with Crippen LogP contribution in [0.15, 0.2) is 18.2 Å². The Balaban J connectivity index is 2.75. The van der Waals surface area contributed by atoms with Crippen molar-refractivity contribution in [2.45, 2.75) is 19.3 Å². The van der Waals surface area contributed by atoms with Crippen LogP contribution in [-0.4, -0.2) is 25.2 Å². The van der Waals surface area contributed by atoms with Crippen molar-refractivity contribution in [3.8, 4) is 18.2 Å². The summed E-state index contributed by atoms with van der Waals surface area (Å²) >= 11 is 0. The molecule has 5 heteroatoms. The van der Waals surface area contributed by atoms with Gasteiger partial charge in [-0.25, -0.2) is 14.2 Å². The Morgan fingerprint density at radius 2 is 2.00 bits per heavy atom. The van der Waals surface area contributed by atoms with E-state index in [0.717, 1.165) is 0 Å². The molecule has 4 nitrogen and oxygen atoms in total. The topological polar surface area (TPSA) is 48.4 Å². The molecule has 1 heterocycles. The van der Waals surface area contributed by atoms with E-state index in [1.165, 1.54) is 26.4 Å². The molecule has 114 valence electrons. The second-order valence-electron chi connectivity index (χ2n) is 5.33. The number of rotatable bonds is 3. The number of esters is 1. The Labute approximate surface area is 128 Å². The van der Waals surface area contributed by atoms with Gasteiger partial charge in [-0.3, -0.25) is 0 Å². The van der Waals surface area contributed by atoms with Crippen LogP contribution >= 0.6 is 0 Å². The minimum atomic E-state index is -0.770. The summed E-state index contributed by atoms with van der Waals surface area (Å²) in [7, 11) is 2.65. The number of hydrogen-bond donors (Lipinski definition) is 0. The lowest BCUT2D eigenvalue weighted by molar-refractivity contribution is 0.0596. The van der Waals surface area contributed by atoms with E-state index in [0.29, 0.717) is 16.5 Å². The first-order valence-corrected chi connectivity index (χ1v) is 6.59. The van der Waals surface area contributed by atoms with E-state index in [1.807, 2.05) is 0 Å². The molecule has 0 atom stereocenters. The van der Waals surface area contributed by atoms with Crippen molar-refractivity contribution < 1.29 is 18.7 Å². The van der Waals surface area contributed by atoms with E-state index in [9.17, 15) is 9.18 Å². The molecule has 0 aliphatic heterocycles. The van der Waals surface area contributed by atoms with Gasteiger partial charge in [0.1, 0.15) is 11.4 Å². The smallest absolute Gasteiger partial charge is 0.343 e. The number of pyridine rings is 1. The third-order valence-corrected chi connectivity index (χ3v) is 3.50. The summed E-state index contributed by atoms with van der Waals surface area (Å²) < 4.78 is 24.1. The highest BCUT2D eigenvalue weighted by Crippen LogP contribution is 2.30. The Kier molecular flexibility index (Phi) is 4.05. The summed E-state index contributed by atoms with van der Waals surface area (Å²) in [6, 6.07) is 4.37. The zero-order valence-electron chi connectivity index (χ0n) is 12.9. The molecule has 0 saturated heterocycles. The SMILES string of the molecule is C#CC(C)(C)c1cc2nc(OC)c(C(=O)OC)cc2cc1F. The van der Waals surface area contributed by atoms with Gasteiger partial charge in [-0.05, 0) is 32.0 Å². The molecule has 0 fully saturated rings. The number of aromatic nitrogens is 1. The lowest BCUT2D eigenvalue weighted by Crippen LogP contribution is -2.16. The van der Waals surface area contributed by atoms with E-state index in [1.54, 1.807) is 19.9 Å². The number of terminal acetylenes is 1. The summed E-state index contributed by atoms with van der Waals surface area (Å²) in [5, 5.41) is 0.468. The van der Waals surface area contributed by atoms with Gasteiger partial charge in [-0.15, -0.1) is 6.42 Å². The normalized spacial score (nSPS) is 11.1. The quantitative estimate of drug-likeness (QED) is 0.646. The van der Waals surface area contributed by atoms with Gasteiger partial charge in [-0.2, -0.15) is 0 Å². The van der Waals surface area contributed by atoms with Crippen LogP contribution in [0.1, 0.15) is 29.8 Å². The van der Waals surface area contributed by atoms with E-state index >= 15 is 0 Å². The maximum Gasteiger partial charge on any atom is 0.343 e. The summed E-state index contributed by atoms with van der Waals surface area (Å²) in [5.41, 5.74) is 0.224. The van der Waals surface area contributed by atoms with Gasteiger partial charge in [0.05, 0.1) is 25.2 Å². The van der Waals surface area contributed by atoms with Crippen LogP contribution < -0.4 is 4.74 Å². The highest BCUT2D eigenvalue weighted by atomic mass is 19.1. The first-order valence-electron chi connectivity index (χ1n) is 6.59. The van der Waals surface area contributed by atoms with E-state index in [-0.39, 0.29) is 11.4 Å². The number of benzene rings is 1. The second kappa shape index (κ2) is 5.64. The molecule has 0 aliphatic carbocycles. The number of halogens is 1. The molecule has 0 amide bonds. The number of fused-ring (bicyclic) bond motifs is 1. The molecule has 0 unspecified atom stereocenters. The van der Waals surface area contributed by atoms with Crippen molar-refractivity contribution in [3.05, 3.63) is 35.1 Å². The molecular weight excluding hydrogens is 285 g/mol. The minimum Gasteiger partial charge on any atom is -0.480 e. The highest BCUT2D eigenvalue weighted by Gasteiger charge is 2.24. The standard InChI is InChI=1S/C17H16FNO3/c1-6-17(2,3)12-9-14-10(8-13(12)18)7-11(16(20)22-5)15(19-14)21-4/h1,7-9H,2-5H3. The van der Waals surface area contributed by atoms with Crippen LogP contribution in [0.2, 0.25) is 0 Å². The van der Waals surface area contributed by atoms with Crippen molar-refractivity contribution in [2.24, 2.45) is 0 Å². The number of ether oxygens (including phenoxy) is 2. The molecule has 0 N–H and O–H groups in total. The average Bonchev–Trinajstić information content (AvgIpc) is 2.52. The zero-order chi connectivity index (χ0) is 16.5. The zero-order valence-corrected chi connectivity index (χ0v) is 12.9. The van der Waals surface area contributed by atoms with E-state index in [4.69, 9.17) is 11.2 Å². The molecule has 2 rings (SSSR count). The molecule has 22 heavy (non-hydrogen) atoms. The third-order valence-electron chi connectivity index (χ3n) is 3.50. The first-order chi connectivity index (χ1) is 10.3. The summed E-state index contributed by atoms with van der Waals surface area (Å²) in [4.78, 5) is 16.0.